The molecule has 0 aliphatic rings. The van der Waals surface area contributed by atoms with Gasteiger partial charge in [0.1, 0.15) is 0 Å². The highest BCUT2D eigenvalue weighted by Crippen LogP contribution is 2.27. The molecule has 2 aromatic carbocycles. The fraction of sp³-hybridized carbons (Fsp3) is 0.280. The number of unbranched alkanes of at least 4 members (excludes halogenated alkanes) is 4. The van der Waals surface area contributed by atoms with Crippen molar-refractivity contribution in [3.63, 3.8) is 0 Å². The molecule has 6 nitrogen and oxygen atoms in total. The molecule has 0 saturated heterocycles. The van der Waals surface area contributed by atoms with Gasteiger partial charge in [-0.3, -0.25) is 9.52 Å². The van der Waals surface area contributed by atoms with Gasteiger partial charge in [0.15, 0.2) is 5.13 Å². The second kappa shape index (κ2) is 11.6. The van der Waals surface area contributed by atoms with Gasteiger partial charge in [0.25, 0.3) is 10.0 Å². The van der Waals surface area contributed by atoms with E-state index in [0.717, 1.165) is 24.8 Å². The lowest BCUT2D eigenvalue weighted by Crippen LogP contribution is -2.13. The molecule has 1 amide bonds. The molecule has 3 aromatic rings. The summed E-state index contributed by atoms with van der Waals surface area (Å²) in [5.41, 5.74) is 2.50. The van der Waals surface area contributed by atoms with Crippen LogP contribution in [0.15, 0.2) is 58.8 Å². The molecule has 0 unspecified atom stereocenters. The summed E-state index contributed by atoms with van der Waals surface area (Å²) >= 11 is 1.31. The Balaban J connectivity index is 1.72. The minimum absolute atomic E-state index is 0.160. The summed E-state index contributed by atoms with van der Waals surface area (Å²) in [7, 11) is -3.78. The Morgan fingerprint density at radius 1 is 1.09 bits per heavy atom. The highest BCUT2D eigenvalue weighted by molar-refractivity contribution is 7.92. The number of thiazole rings is 1. The second-order valence-corrected chi connectivity index (χ2v) is 10.1. The van der Waals surface area contributed by atoms with Crippen LogP contribution in [-0.2, 0) is 14.8 Å². The number of amides is 1. The number of carbonyl (C=O) groups is 1. The van der Waals surface area contributed by atoms with Gasteiger partial charge in [-0.2, -0.15) is 0 Å². The molecule has 0 bridgehead atoms. The third kappa shape index (κ3) is 7.45. The maximum Gasteiger partial charge on any atom is 0.261 e. The number of carbonyl (C=O) groups excluding carboxylic acids is 1. The van der Waals surface area contributed by atoms with E-state index in [0.29, 0.717) is 22.1 Å². The van der Waals surface area contributed by atoms with Crippen molar-refractivity contribution in [2.75, 3.05) is 10.0 Å². The van der Waals surface area contributed by atoms with Gasteiger partial charge in [0.05, 0.1) is 10.6 Å². The Morgan fingerprint density at radius 3 is 2.70 bits per heavy atom. The summed E-state index contributed by atoms with van der Waals surface area (Å²) in [5, 5.41) is 4.95. The van der Waals surface area contributed by atoms with Crippen molar-refractivity contribution in [1.29, 1.82) is 0 Å². The Labute approximate surface area is 199 Å². The predicted octanol–water partition coefficient (Wildman–Crippen LogP) is 5.89. The normalized spacial score (nSPS) is 10.8. The zero-order valence-corrected chi connectivity index (χ0v) is 20.4. The largest absolute Gasteiger partial charge is 0.302 e. The molecule has 0 atom stereocenters. The third-order valence-electron chi connectivity index (χ3n) is 4.73. The average molecular weight is 482 g/mol. The van der Waals surface area contributed by atoms with Crippen molar-refractivity contribution >= 4 is 38.1 Å². The van der Waals surface area contributed by atoms with Gasteiger partial charge >= 0.3 is 0 Å². The first-order chi connectivity index (χ1) is 15.9. The Kier molecular flexibility index (Phi) is 8.64. The Morgan fingerprint density at radius 2 is 1.91 bits per heavy atom. The molecule has 3 rings (SSSR count). The molecule has 1 heterocycles. The summed E-state index contributed by atoms with van der Waals surface area (Å²) < 4.78 is 28.5. The molecule has 0 spiro atoms. The van der Waals surface area contributed by atoms with Crippen molar-refractivity contribution in [1.82, 2.24) is 4.98 Å². The van der Waals surface area contributed by atoms with Crippen molar-refractivity contribution in [2.45, 2.75) is 50.8 Å². The number of sulfonamides is 1. The van der Waals surface area contributed by atoms with E-state index < -0.39 is 10.0 Å². The van der Waals surface area contributed by atoms with Crippen LogP contribution in [0.4, 0.5) is 10.8 Å². The maximum absolute atomic E-state index is 13.0. The second-order valence-electron chi connectivity index (χ2n) is 7.55. The number of rotatable bonds is 9. The number of aromatic nitrogens is 1. The van der Waals surface area contributed by atoms with E-state index in [-0.39, 0.29) is 10.8 Å². The molecule has 0 aliphatic heterocycles. The smallest absolute Gasteiger partial charge is 0.261 e. The van der Waals surface area contributed by atoms with Crippen LogP contribution in [-0.4, -0.2) is 19.3 Å². The number of nitrogens with one attached hydrogen (secondary N) is 2. The molecule has 33 heavy (non-hydrogen) atoms. The van der Waals surface area contributed by atoms with Crippen LogP contribution in [0.25, 0.3) is 11.3 Å². The van der Waals surface area contributed by atoms with E-state index in [1.165, 1.54) is 31.1 Å². The third-order valence-corrected chi connectivity index (χ3v) is 6.87. The molecule has 2 N–H and O–H groups in total. The number of benzene rings is 2. The number of hydrogen-bond donors (Lipinski definition) is 2. The fourth-order valence-electron chi connectivity index (χ4n) is 3.12. The van der Waals surface area contributed by atoms with Crippen LogP contribution < -0.4 is 10.0 Å². The lowest BCUT2D eigenvalue weighted by atomic mass is 10.1. The molecule has 0 saturated carbocycles. The summed E-state index contributed by atoms with van der Waals surface area (Å²) in [6, 6.07) is 13.6. The quantitative estimate of drug-likeness (QED) is 0.295. The maximum atomic E-state index is 13.0. The zero-order valence-electron chi connectivity index (χ0n) is 18.7. The summed E-state index contributed by atoms with van der Waals surface area (Å²) in [6.07, 6.45) is 5.43. The predicted molar refractivity (Wildman–Crippen MR) is 135 cm³/mol. The first-order valence-corrected chi connectivity index (χ1v) is 13.2. The van der Waals surface area contributed by atoms with Crippen molar-refractivity contribution in [2.24, 2.45) is 0 Å². The fourth-order valence-corrected chi connectivity index (χ4v) is 4.98. The van der Waals surface area contributed by atoms with Crippen LogP contribution in [0.2, 0.25) is 0 Å². The highest BCUT2D eigenvalue weighted by atomic mass is 32.2. The van der Waals surface area contributed by atoms with E-state index in [9.17, 15) is 13.2 Å². The molecule has 8 heteroatoms. The standard InChI is InChI=1S/C25H27N3O3S2/c1-3-4-5-6-7-8-11-20-12-9-15-23(16-20)33(30,31)28-22-14-10-13-21(17-22)24-18-32-25(27-24)26-19(2)29/h9-10,12-18,28H,3-7H2,1-2H3,(H,26,27,29). The van der Waals surface area contributed by atoms with Gasteiger partial charge in [-0.1, -0.05) is 56.2 Å². The van der Waals surface area contributed by atoms with E-state index in [1.807, 2.05) is 17.5 Å². The van der Waals surface area contributed by atoms with Gasteiger partial charge in [0.2, 0.25) is 5.91 Å². The van der Waals surface area contributed by atoms with Gasteiger partial charge in [-0.15, -0.1) is 11.3 Å². The van der Waals surface area contributed by atoms with E-state index in [1.54, 1.807) is 36.4 Å². The van der Waals surface area contributed by atoms with Crippen molar-refractivity contribution < 1.29 is 13.2 Å². The van der Waals surface area contributed by atoms with Gasteiger partial charge in [0, 0.05) is 35.5 Å². The monoisotopic (exact) mass is 481 g/mol. The highest BCUT2D eigenvalue weighted by Gasteiger charge is 2.15. The molecular formula is C25H27N3O3S2. The van der Waals surface area contributed by atoms with Crippen molar-refractivity contribution in [3.8, 4) is 23.1 Å². The summed E-state index contributed by atoms with van der Waals surface area (Å²) in [5.74, 6) is 6.00. The first kappa shape index (κ1) is 24.5. The first-order valence-electron chi connectivity index (χ1n) is 10.8. The van der Waals surface area contributed by atoms with E-state index in [2.05, 4.69) is 33.8 Å². The van der Waals surface area contributed by atoms with Gasteiger partial charge in [-0.05, 0) is 36.8 Å². The molecular weight excluding hydrogens is 454 g/mol. The molecule has 0 fully saturated rings. The van der Waals surface area contributed by atoms with Crippen LogP contribution in [0.5, 0.6) is 0 Å². The molecule has 1 aromatic heterocycles. The van der Waals surface area contributed by atoms with Crippen LogP contribution in [0.3, 0.4) is 0 Å². The topological polar surface area (TPSA) is 88.2 Å². The number of nitrogens with zero attached hydrogens (tertiary/aromatic N) is 1. The van der Waals surface area contributed by atoms with Gasteiger partial charge in [-0.25, -0.2) is 13.4 Å². The van der Waals surface area contributed by atoms with Crippen LogP contribution in [0, 0.1) is 11.8 Å². The average Bonchev–Trinajstić information content (AvgIpc) is 3.24. The lowest BCUT2D eigenvalue weighted by molar-refractivity contribution is -0.114. The van der Waals surface area contributed by atoms with Crippen LogP contribution in [0.1, 0.15) is 51.5 Å². The molecule has 172 valence electrons. The van der Waals surface area contributed by atoms with Crippen molar-refractivity contribution in [3.05, 3.63) is 59.5 Å². The Hall–Kier alpha value is -3.15. The molecule has 0 aliphatic carbocycles. The number of hydrogen-bond acceptors (Lipinski definition) is 5. The zero-order chi connectivity index (χ0) is 23.7. The lowest BCUT2D eigenvalue weighted by Gasteiger charge is -2.09. The minimum atomic E-state index is -3.78. The summed E-state index contributed by atoms with van der Waals surface area (Å²) in [6.45, 7) is 3.59. The Bertz CT molecular complexity index is 1270. The molecule has 0 radical (unpaired) electrons. The number of anilines is 2. The summed E-state index contributed by atoms with van der Waals surface area (Å²) in [4.78, 5) is 15.7. The van der Waals surface area contributed by atoms with E-state index >= 15 is 0 Å². The van der Waals surface area contributed by atoms with Crippen LogP contribution >= 0.6 is 11.3 Å². The minimum Gasteiger partial charge on any atom is -0.302 e. The van der Waals surface area contributed by atoms with Gasteiger partial charge < -0.3 is 5.32 Å². The van der Waals surface area contributed by atoms with E-state index in [4.69, 9.17) is 0 Å². The SMILES string of the molecule is CCCCCCC#Cc1cccc(S(=O)(=O)Nc2cccc(-c3csc(NC(C)=O)n3)c2)c1.